The summed E-state index contributed by atoms with van der Waals surface area (Å²) in [4.78, 5) is 5.00. The van der Waals surface area contributed by atoms with Crippen molar-refractivity contribution in [1.82, 2.24) is 10.2 Å². The lowest BCUT2D eigenvalue weighted by Crippen LogP contribution is -2.48. The number of hydrogen-bond donors (Lipinski definition) is 2. The highest BCUT2D eigenvalue weighted by Crippen LogP contribution is 2.27. The van der Waals surface area contributed by atoms with Gasteiger partial charge < -0.3 is 20.1 Å². The molecule has 3 fully saturated rings. The highest BCUT2D eigenvalue weighted by atomic mass is 35.5. The summed E-state index contributed by atoms with van der Waals surface area (Å²) in [6, 6.07) is 9.90. The molecule has 3 aliphatic heterocycles. The number of benzene rings is 1. The first-order valence-electron chi connectivity index (χ1n) is 9.94. The van der Waals surface area contributed by atoms with Crippen LogP contribution in [0.4, 0.5) is 5.69 Å². The molecule has 3 aliphatic rings. The van der Waals surface area contributed by atoms with Gasteiger partial charge in [0.2, 0.25) is 0 Å². The normalized spacial score (nSPS) is 30.5. The van der Waals surface area contributed by atoms with Crippen LogP contribution in [0.15, 0.2) is 24.3 Å². The molecule has 144 valence electrons. The topological polar surface area (TPSA) is 48.0 Å². The van der Waals surface area contributed by atoms with Gasteiger partial charge in [-0.05, 0) is 43.9 Å². The largest absolute Gasteiger partial charge is 0.396 e. The summed E-state index contributed by atoms with van der Waals surface area (Å²) < 4.78 is 5.90. The number of nitrogens with one attached hydrogen (secondary N) is 1. The number of hydrogen-bond acceptors (Lipinski definition) is 5. The molecule has 0 aliphatic carbocycles. The molecule has 26 heavy (non-hydrogen) atoms. The number of halogens is 1. The Kier molecular flexibility index (Phi) is 6.01. The number of aliphatic hydroxyl groups excluding tert-OH is 1. The molecule has 0 spiro atoms. The van der Waals surface area contributed by atoms with Crippen LogP contribution in [0.25, 0.3) is 0 Å². The van der Waals surface area contributed by atoms with Crippen molar-refractivity contribution >= 4 is 17.3 Å². The van der Waals surface area contributed by atoms with Gasteiger partial charge in [0.05, 0.1) is 12.7 Å². The number of aliphatic hydroxyl groups is 1. The number of rotatable bonds is 5. The van der Waals surface area contributed by atoms with Gasteiger partial charge in [0.1, 0.15) is 0 Å². The van der Waals surface area contributed by atoms with Gasteiger partial charge in [-0.3, -0.25) is 4.90 Å². The van der Waals surface area contributed by atoms with Gasteiger partial charge >= 0.3 is 0 Å². The van der Waals surface area contributed by atoms with E-state index in [4.69, 9.17) is 21.4 Å². The lowest BCUT2D eigenvalue weighted by atomic mass is 10.0. The minimum atomic E-state index is 0.205. The first kappa shape index (κ1) is 18.5. The predicted octanol–water partition coefficient (Wildman–Crippen LogP) is 2.12. The Morgan fingerprint density at radius 1 is 1.19 bits per heavy atom. The number of nitrogens with zero attached hydrogens (tertiary/aromatic N) is 2. The monoisotopic (exact) mass is 379 g/mol. The van der Waals surface area contributed by atoms with E-state index in [0.717, 1.165) is 44.2 Å². The van der Waals surface area contributed by atoms with Crippen LogP contribution in [0.3, 0.4) is 0 Å². The molecule has 0 radical (unpaired) electrons. The molecular formula is C20H30ClN3O2. The van der Waals surface area contributed by atoms with E-state index in [1.54, 1.807) is 0 Å². The second-order valence-electron chi connectivity index (χ2n) is 7.92. The molecule has 0 aromatic heterocycles. The highest BCUT2D eigenvalue weighted by molar-refractivity contribution is 6.30. The van der Waals surface area contributed by atoms with Crippen molar-refractivity contribution in [1.29, 1.82) is 0 Å². The van der Waals surface area contributed by atoms with Crippen LogP contribution < -0.4 is 10.2 Å². The predicted molar refractivity (Wildman–Crippen MR) is 105 cm³/mol. The summed E-state index contributed by atoms with van der Waals surface area (Å²) in [6.45, 7) is 5.28. The second-order valence-corrected chi connectivity index (χ2v) is 8.35. The number of ether oxygens (including phenoxy) is 1. The number of morpholine rings is 1. The molecule has 0 bridgehead atoms. The molecule has 0 unspecified atom stereocenters. The van der Waals surface area contributed by atoms with Crippen LogP contribution in [-0.4, -0.2) is 73.6 Å². The maximum atomic E-state index is 9.12. The van der Waals surface area contributed by atoms with Gasteiger partial charge in [-0.15, -0.1) is 0 Å². The quantitative estimate of drug-likeness (QED) is 0.820. The molecule has 0 amide bonds. The maximum absolute atomic E-state index is 9.12. The molecule has 1 aromatic rings. The molecule has 4 rings (SSSR count). The molecule has 3 saturated heterocycles. The second kappa shape index (κ2) is 8.44. The van der Waals surface area contributed by atoms with Crippen LogP contribution in [0.5, 0.6) is 0 Å². The zero-order valence-corrected chi connectivity index (χ0v) is 16.1. The van der Waals surface area contributed by atoms with Crippen molar-refractivity contribution in [3.8, 4) is 0 Å². The van der Waals surface area contributed by atoms with Gasteiger partial charge in [-0.2, -0.15) is 0 Å². The zero-order chi connectivity index (χ0) is 17.9. The lowest BCUT2D eigenvalue weighted by molar-refractivity contribution is -0.0567. The van der Waals surface area contributed by atoms with Gasteiger partial charge in [-0.1, -0.05) is 17.7 Å². The van der Waals surface area contributed by atoms with E-state index in [1.807, 2.05) is 12.1 Å². The fourth-order valence-electron chi connectivity index (χ4n) is 4.69. The fraction of sp³-hybridized carbons (Fsp3) is 0.700. The molecule has 3 atom stereocenters. The van der Waals surface area contributed by atoms with Crippen molar-refractivity contribution in [2.75, 3.05) is 44.3 Å². The molecule has 2 N–H and O–H groups in total. The van der Waals surface area contributed by atoms with Crippen molar-refractivity contribution < 1.29 is 9.84 Å². The summed E-state index contributed by atoms with van der Waals surface area (Å²) in [6.07, 6.45) is 4.49. The smallest absolute Gasteiger partial charge is 0.0724 e. The lowest BCUT2D eigenvalue weighted by Gasteiger charge is -2.35. The summed E-state index contributed by atoms with van der Waals surface area (Å²) in [7, 11) is 0. The minimum absolute atomic E-state index is 0.205. The Hall–Kier alpha value is -0.850. The van der Waals surface area contributed by atoms with Crippen LogP contribution in [0, 0.1) is 0 Å². The Bertz CT molecular complexity index is 594. The van der Waals surface area contributed by atoms with Crippen LogP contribution in [0.1, 0.15) is 25.7 Å². The third-order valence-electron chi connectivity index (χ3n) is 6.08. The summed E-state index contributed by atoms with van der Waals surface area (Å²) in [5.41, 5.74) is 1.24. The van der Waals surface area contributed by atoms with Crippen LogP contribution in [0.2, 0.25) is 5.02 Å². The van der Waals surface area contributed by atoms with E-state index in [1.165, 1.54) is 24.9 Å². The standard InChI is InChI=1S/C20H30ClN3O2/c21-15-2-1-3-18(10-15)23-7-4-16(5-8-23)22-17-11-19-14-26-20(6-9-25)13-24(19)12-17/h1-3,10,16-17,19-20,22,25H,4-9,11-14H2/t17-,19-,20-/m0/s1. The van der Waals surface area contributed by atoms with Crippen LogP contribution >= 0.6 is 11.6 Å². The minimum Gasteiger partial charge on any atom is -0.396 e. The molecule has 3 heterocycles. The van der Waals surface area contributed by atoms with E-state index in [2.05, 4.69) is 27.2 Å². The van der Waals surface area contributed by atoms with E-state index < -0.39 is 0 Å². The highest BCUT2D eigenvalue weighted by Gasteiger charge is 2.38. The van der Waals surface area contributed by atoms with Crippen molar-refractivity contribution in [3.63, 3.8) is 0 Å². The average molecular weight is 380 g/mol. The fourth-order valence-corrected chi connectivity index (χ4v) is 4.88. The Morgan fingerprint density at radius 2 is 2.04 bits per heavy atom. The SMILES string of the molecule is OCC[C@H]1CN2C[C@@H](NC3CCN(c4cccc(Cl)c4)CC3)C[C@H]2CO1. The third kappa shape index (κ3) is 4.34. The Balaban J connectivity index is 1.24. The maximum Gasteiger partial charge on any atom is 0.0724 e. The van der Waals surface area contributed by atoms with E-state index >= 15 is 0 Å². The molecule has 5 nitrogen and oxygen atoms in total. The number of anilines is 1. The van der Waals surface area contributed by atoms with E-state index in [-0.39, 0.29) is 12.7 Å². The summed E-state index contributed by atoms with van der Waals surface area (Å²) in [5.74, 6) is 0. The van der Waals surface area contributed by atoms with Gasteiger partial charge in [0.15, 0.2) is 0 Å². The first-order chi connectivity index (χ1) is 12.7. The van der Waals surface area contributed by atoms with Gasteiger partial charge in [0, 0.05) is 61.6 Å². The third-order valence-corrected chi connectivity index (χ3v) is 6.32. The summed E-state index contributed by atoms with van der Waals surface area (Å²) >= 11 is 6.13. The van der Waals surface area contributed by atoms with Crippen molar-refractivity contribution in [3.05, 3.63) is 29.3 Å². The van der Waals surface area contributed by atoms with Crippen molar-refractivity contribution in [2.24, 2.45) is 0 Å². The Labute approximate surface area is 161 Å². The van der Waals surface area contributed by atoms with E-state index in [9.17, 15) is 0 Å². The molecule has 6 heteroatoms. The van der Waals surface area contributed by atoms with Gasteiger partial charge in [0.25, 0.3) is 0 Å². The van der Waals surface area contributed by atoms with Crippen LogP contribution in [-0.2, 0) is 4.74 Å². The first-order valence-corrected chi connectivity index (χ1v) is 10.3. The van der Waals surface area contributed by atoms with E-state index in [0.29, 0.717) is 18.1 Å². The average Bonchev–Trinajstić information content (AvgIpc) is 3.04. The zero-order valence-electron chi connectivity index (χ0n) is 15.3. The van der Waals surface area contributed by atoms with Crippen molar-refractivity contribution in [2.45, 2.75) is 49.9 Å². The van der Waals surface area contributed by atoms with Gasteiger partial charge in [-0.25, -0.2) is 0 Å². The Morgan fingerprint density at radius 3 is 2.81 bits per heavy atom. The number of fused-ring (bicyclic) bond motifs is 1. The molecule has 0 saturated carbocycles. The summed E-state index contributed by atoms with van der Waals surface area (Å²) in [5, 5.41) is 13.8. The molecular weight excluding hydrogens is 350 g/mol. The molecule has 1 aromatic carbocycles. The number of piperidine rings is 1.